The third-order valence-corrected chi connectivity index (χ3v) is 5.49. The van der Waals surface area contributed by atoms with Gasteiger partial charge < -0.3 is 10.1 Å². The van der Waals surface area contributed by atoms with Gasteiger partial charge >= 0.3 is 0 Å². The number of carbonyl (C=O) groups is 1. The van der Waals surface area contributed by atoms with Gasteiger partial charge in [0.2, 0.25) is 5.91 Å². The van der Waals surface area contributed by atoms with Gasteiger partial charge in [0.05, 0.1) is 6.61 Å². The first-order valence-corrected chi connectivity index (χ1v) is 10.3. The molecule has 4 heteroatoms. The normalized spacial score (nSPS) is 16.7. The van der Waals surface area contributed by atoms with Crippen molar-refractivity contribution < 1.29 is 9.53 Å². The zero-order chi connectivity index (χ0) is 19.2. The number of carbonyl (C=O) groups excluding carboxylic acids is 1. The van der Waals surface area contributed by atoms with Crippen LogP contribution in [0.15, 0.2) is 48.5 Å². The monoisotopic (exact) mass is 376 g/mol. The number of fused-ring (bicyclic) bond motifs is 1. The van der Waals surface area contributed by atoms with Crippen molar-refractivity contribution in [3.05, 3.63) is 70.8 Å². The van der Waals surface area contributed by atoms with Gasteiger partial charge in [0.15, 0.2) is 0 Å². The second kappa shape index (κ2) is 9.07. The molecule has 0 radical (unpaired) electrons. The van der Waals surface area contributed by atoms with Crippen molar-refractivity contribution in [3.63, 3.8) is 0 Å². The molecule has 2 heterocycles. The SMILES string of the molecule is O=C(/C=C/c1ccc2c(c1)CCO2)NCc1ccc(CN2CCCCC2)cc1. The molecule has 2 aromatic rings. The fraction of sp³-hybridized carbons (Fsp3) is 0.375. The molecule has 0 bridgehead atoms. The Kier molecular flexibility index (Phi) is 6.07. The third-order valence-electron chi connectivity index (χ3n) is 5.49. The second-order valence-corrected chi connectivity index (χ2v) is 7.67. The Labute approximate surface area is 167 Å². The molecule has 4 rings (SSSR count). The molecule has 0 atom stereocenters. The maximum atomic E-state index is 12.1. The van der Waals surface area contributed by atoms with Crippen molar-refractivity contribution >= 4 is 12.0 Å². The van der Waals surface area contributed by atoms with Crippen LogP contribution >= 0.6 is 0 Å². The minimum Gasteiger partial charge on any atom is -0.493 e. The molecule has 1 N–H and O–H groups in total. The van der Waals surface area contributed by atoms with E-state index in [1.165, 1.54) is 43.5 Å². The van der Waals surface area contributed by atoms with Gasteiger partial charge in [-0.1, -0.05) is 36.8 Å². The average Bonchev–Trinajstić information content (AvgIpc) is 3.20. The number of piperidine rings is 1. The first kappa shape index (κ1) is 18.8. The summed E-state index contributed by atoms with van der Waals surface area (Å²) in [5.74, 6) is 0.888. The second-order valence-electron chi connectivity index (χ2n) is 7.67. The average molecular weight is 377 g/mol. The minimum atomic E-state index is -0.0749. The van der Waals surface area contributed by atoms with E-state index < -0.39 is 0 Å². The minimum absolute atomic E-state index is 0.0749. The van der Waals surface area contributed by atoms with Crippen LogP contribution in [0.3, 0.4) is 0 Å². The molecule has 4 nitrogen and oxygen atoms in total. The molecular formula is C24H28N2O2. The van der Waals surface area contributed by atoms with E-state index >= 15 is 0 Å². The standard InChI is InChI=1S/C24H28N2O2/c27-24(11-9-19-8-10-23-22(16-19)12-15-28-23)25-17-20-4-6-21(7-5-20)18-26-13-2-1-3-14-26/h4-11,16H,1-3,12-15,17-18H2,(H,25,27)/b11-9+. The highest BCUT2D eigenvalue weighted by Gasteiger charge is 2.11. The van der Waals surface area contributed by atoms with E-state index in [1.54, 1.807) is 6.08 Å². The van der Waals surface area contributed by atoms with Crippen LogP contribution in [0.1, 0.15) is 41.5 Å². The van der Waals surface area contributed by atoms with Crippen LogP contribution in [0.5, 0.6) is 5.75 Å². The van der Waals surface area contributed by atoms with Crippen LogP contribution in [0, 0.1) is 0 Å². The third kappa shape index (κ3) is 5.02. The Hall–Kier alpha value is -2.59. The van der Waals surface area contributed by atoms with Gasteiger partial charge in [0.25, 0.3) is 0 Å². The van der Waals surface area contributed by atoms with Crippen molar-refractivity contribution in [3.8, 4) is 5.75 Å². The van der Waals surface area contributed by atoms with Crippen molar-refractivity contribution in [2.45, 2.75) is 38.8 Å². The van der Waals surface area contributed by atoms with Crippen molar-refractivity contribution in [2.75, 3.05) is 19.7 Å². The fourth-order valence-electron chi connectivity index (χ4n) is 3.87. The summed E-state index contributed by atoms with van der Waals surface area (Å²) in [7, 11) is 0. The Bertz CT molecular complexity index is 836. The largest absolute Gasteiger partial charge is 0.493 e. The lowest BCUT2D eigenvalue weighted by molar-refractivity contribution is -0.116. The summed E-state index contributed by atoms with van der Waals surface area (Å²) in [6.45, 7) is 4.75. The number of hydrogen-bond acceptors (Lipinski definition) is 3. The number of nitrogens with one attached hydrogen (secondary N) is 1. The van der Waals surface area contributed by atoms with Crippen molar-refractivity contribution in [1.29, 1.82) is 0 Å². The first-order chi connectivity index (χ1) is 13.8. The van der Waals surface area contributed by atoms with Gasteiger partial charge in [-0.05, 0) is 66.4 Å². The molecule has 0 unspecified atom stereocenters. The summed E-state index contributed by atoms with van der Waals surface area (Å²) >= 11 is 0. The number of amides is 1. The summed E-state index contributed by atoms with van der Waals surface area (Å²) in [4.78, 5) is 14.6. The van der Waals surface area contributed by atoms with Gasteiger partial charge in [-0.25, -0.2) is 0 Å². The zero-order valence-electron chi connectivity index (χ0n) is 16.3. The lowest BCUT2D eigenvalue weighted by atomic mass is 10.1. The Morgan fingerprint density at radius 3 is 2.64 bits per heavy atom. The molecule has 146 valence electrons. The summed E-state index contributed by atoms with van der Waals surface area (Å²) in [5, 5.41) is 2.96. The molecule has 1 amide bonds. The van der Waals surface area contributed by atoms with E-state index in [0.717, 1.165) is 36.4 Å². The predicted octanol–water partition coefficient (Wildman–Crippen LogP) is 3.94. The molecule has 28 heavy (non-hydrogen) atoms. The lowest BCUT2D eigenvalue weighted by Crippen LogP contribution is -2.29. The summed E-state index contributed by atoms with van der Waals surface area (Å²) in [5.41, 5.74) is 4.71. The highest BCUT2D eigenvalue weighted by Crippen LogP contribution is 2.26. The van der Waals surface area contributed by atoms with E-state index in [0.29, 0.717) is 6.54 Å². The summed E-state index contributed by atoms with van der Waals surface area (Å²) in [6, 6.07) is 14.6. The van der Waals surface area contributed by atoms with Crippen LogP contribution < -0.4 is 10.1 Å². The van der Waals surface area contributed by atoms with E-state index in [-0.39, 0.29) is 5.91 Å². The maximum Gasteiger partial charge on any atom is 0.244 e. The molecule has 0 aromatic heterocycles. The summed E-state index contributed by atoms with van der Waals surface area (Å²) < 4.78 is 5.51. The Balaban J connectivity index is 1.25. The van der Waals surface area contributed by atoms with Gasteiger partial charge in [0, 0.05) is 25.6 Å². The fourth-order valence-corrected chi connectivity index (χ4v) is 3.87. The van der Waals surface area contributed by atoms with E-state index in [4.69, 9.17) is 4.74 Å². The number of ether oxygens (including phenoxy) is 1. The molecule has 1 fully saturated rings. The van der Waals surface area contributed by atoms with Crippen LogP contribution in [-0.4, -0.2) is 30.5 Å². The van der Waals surface area contributed by atoms with Crippen LogP contribution in [0.2, 0.25) is 0 Å². The van der Waals surface area contributed by atoms with E-state index in [1.807, 2.05) is 18.2 Å². The number of hydrogen-bond donors (Lipinski definition) is 1. The van der Waals surface area contributed by atoms with Gasteiger partial charge in [0.1, 0.15) is 5.75 Å². The molecule has 2 aliphatic heterocycles. The number of likely N-dealkylation sites (tertiary alicyclic amines) is 1. The molecule has 2 aliphatic rings. The lowest BCUT2D eigenvalue weighted by Gasteiger charge is -2.26. The Morgan fingerprint density at radius 1 is 1.04 bits per heavy atom. The molecule has 0 saturated carbocycles. The number of rotatable bonds is 6. The molecule has 2 aromatic carbocycles. The number of benzene rings is 2. The van der Waals surface area contributed by atoms with Gasteiger partial charge in [-0.2, -0.15) is 0 Å². The van der Waals surface area contributed by atoms with E-state index in [2.05, 4.69) is 40.5 Å². The number of nitrogens with zero attached hydrogens (tertiary/aromatic N) is 1. The maximum absolute atomic E-state index is 12.1. The van der Waals surface area contributed by atoms with Crippen molar-refractivity contribution in [1.82, 2.24) is 10.2 Å². The molecule has 1 saturated heterocycles. The molecule has 0 spiro atoms. The highest BCUT2D eigenvalue weighted by molar-refractivity contribution is 5.91. The molecule has 0 aliphatic carbocycles. The quantitative estimate of drug-likeness (QED) is 0.777. The van der Waals surface area contributed by atoms with Crippen molar-refractivity contribution in [2.24, 2.45) is 0 Å². The predicted molar refractivity (Wildman–Crippen MR) is 112 cm³/mol. The van der Waals surface area contributed by atoms with Gasteiger partial charge in [-0.3, -0.25) is 9.69 Å². The smallest absolute Gasteiger partial charge is 0.244 e. The van der Waals surface area contributed by atoms with Crippen LogP contribution in [0.4, 0.5) is 0 Å². The highest BCUT2D eigenvalue weighted by atomic mass is 16.5. The van der Waals surface area contributed by atoms with E-state index in [9.17, 15) is 4.79 Å². The first-order valence-electron chi connectivity index (χ1n) is 10.3. The van der Waals surface area contributed by atoms with Gasteiger partial charge in [-0.15, -0.1) is 0 Å². The topological polar surface area (TPSA) is 41.6 Å². The Morgan fingerprint density at radius 2 is 1.82 bits per heavy atom. The summed E-state index contributed by atoms with van der Waals surface area (Å²) in [6.07, 6.45) is 8.40. The van der Waals surface area contributed by atoms with Crippen LogP contribution in [-0.2, 0) is 24.3 Å². The molecular weight excluding hydrogens is 348 g/mol. The zero-order valence-corrected chi connectivity index (χ0v) is 16.3. The van der Waals surface area contributed by atoms with Crippen LogP contribution in [0.25, 0.3) is 6.08 Å².